The van der Waals surface area contributed by atoms with E-state index in [0.29, 0.717) is 12.5 Å². The molecule has 0 unspecified atom stereocenters. The smallest absolute Gasteiger partial charge is 0.191 e. The zero-order valence-corrected chi connectivity index (χ0v) is 20.0. The number of hydrogen-bond donors (Lipinski definition) is 2. The Morgan fingerprint density at radius 3 is 2.52 bits per heavy atom. The SMILES string of the molecule is COc1ccc(CN=C(NCCCOCC(C)C)NCCc2ccco2)cc1.I. The van der Waals surface area contributed by atoms with Crippen molar-refractivity contribution in [2.45, 2.75) is 33.2 Å². The lowest BCUT2D eigenvalue weighted by Crippen LogP contribution is -2.39. The van der Waals surface area contributed by atoms with Crippen LogP contribution in [-0.4, -0.2) is 39.4 Å². The normalized spacial score (nSPS) is 11.2. The summed E-state index contributed by atoms with van der Waals surface area (Å²) in [7, 11) is 1.67. The third-order valence-electron chi connectivity index (χ3n) is 4.03. The number of halogens is 1. The van der Waals surface area contributed by atoms with Crippen LogP contribution in [0, 0.1) is 5.92 Å². The van der Waals surface area contributed by atoms with Crippen LogP contribution in [0.15, 0.2) is 52.1 Å². The standard InChI is InChI=1S/C22H33N3O3.HI/c1-18(2)17-27-14-5-12-23-22(24-13-11-21-6-4-15-28-21)25-16-19-7-9-20(26-3)10-8-19;/h4,6-10,15,18H,5,11-14,16-17H2,1-3H3,(H2,23,24,25);1H. The first-order chi connectivity index (χ1) is 13.7. The van der Waals surface area contributed by atoms with Gasteiger partial charge in [-0.05, 0) is 42.2 Å². The highest BCUT2D eigenvalue weighted by molar-refractivity contribution is 14.0. The third-order valence-corrected chi connectivity index (χ3v) is 4.03. The predicted molar refractivity (Wildman–Crippen MR) is 128 cm³/mol. The van der Waals surface area contributed by atoms with Crippen LogP contribution in [0.3, 0.4) is 0 Å². The number of benzene rings is 1. The Bertz CT molecular complexity index is 673. The molecular weight excluding hydrogens is 481 g/mol. The third kappa shape index (κ3) is 11.1. The lowest BCUT2D eigenvalue weighted by Gasteiger charge is -2.13. The van der Waals surface area contributed by atoms with Crippen LogP contribution in [0.5, 0.6) is 5.75 Å². The molecule has 2 N–H and O–H groups in total. The van der Waals surface area contributed by atoms with Crippen LogP contribution in [0.25, 0.3) is 0 Å². The monoisotopic (exact) mass is 515 g/mol. The van der Waals surface area contributed by atoms with E-state index in [-0.39, 0.29) is 24.0 Å². The Hall–Kier alpha value is -1.74. The Labute approximate surface area is 191 Å². The van der Waals surface area contributed by atoms with Gasteiger partial charge in [-0.15, -0.1) is 24.0 Å². The molecule has 0 fully saturated rings. The summed E-state index contributed by atoms with van der Waals surface area (Å²) in [4.78, 5) is 4.70. The minimum atomic E-state index is 0. The molecule has 1 aromatic carbocycles. The molecule has 1 aromatic heterocycles. The summed E-state index contributed by atoms with van der Waals surface area (Å²) in [6, 6.07) is 11.9. The summed E-state index contributed by atoms with van der Waals surface area (Å²) in [5.74, 6) is 3.18. The highest BCUT2D eigenvalue weighted by atomic mass is 127. The van der Waals surface area contributed by atoms with E-state index in [1.807, 2.05) is 36.4 Å². The fraction of sp³-hybridized carbons (Fsp3) is 0.500. The quantitative estimate of drug-likeness (QED) is 0.192. The maximum atomic E-state index is 5.63. The van der Waals surface area contributed by atoms with E-state index in [1.54, 1.807) is 13.4 Å². The first-order valence-corrected chi connectivity index (χ1v) is 9.92. The van der Waals surface area contributed by atoms with E-state index >= 15 is 0 Å². The van der Waals surface area contributed by atoms with Crippen LogP contribution in [0.1, 0.15) is 31.6 Å². The first kappa shape index (κ1) is 25.3. The molecule has 0 saturated heterocycles. The molecule has 0 amide bonds. The van der Waals surface area contributed by atoms with Crippen molar-refractivity contribution in [3.8, 4) is 5.75 Å². The van der Waals surface area contributed by atoms with Crippen molar-refractivity contribution in [2.75, 3.05) is 33.4 Å². The van der Waals surface area contributed by atoms with Crippen molar-refractivity contribution in [1.29, 1.82) is 0 Å². The Kier molecular flexibility index (Phi) is 13.2. The van der Waals surface area contributed by atoms with E-state index in [9.17, 15) is 0 Å². The van der Waals surface area contributed by atoms with E-state index in [2.05, 4.69) is 24.5 Å². The number of methoxy groups -OCH3 is 1. The second-order valence-corrected chi connectivity index (χ2v) is 7.02. The van der Waals surface area contributed by atoms with Crippen molar-refractivity contribution in [2.24, 2.45) is 10.9 Å². The highest BCUT2D eigenvalue weighted by Gasteiger charge is 2.02. The predicted octanol–water partition coefficient (Wildman–Crippen LogP) is 4.25. The Morgan fingerprint density at radius 2 is 1.86 bits per heavy atom. The zero-order valence-electron chi connectivity index (χ0n) is 17.6. The fourth-order valence-corrected chi connectivity index (χ4v) is 2.53. The van der Waals surface area contributed by atoms with Crippen LogP contribution in [0.2, 0.25) is 0 Å². The molecule has 2 rings (SSSR count). The molecule has 1 heterocycles. The van der Waals surface area contributed by atoms with Crippen molar-refractivity contribution in [1.82, 2.24) is 10.6 Å². The maximum Gasteiger partial charge on any atom is 0.191 e. The lowest BCUT2D eigenvalue weighted by molar-refractivity contribution is 0.108. The van der Waals surface area contributed by atoms with Crippen molar-refractivity contribution in [3.05, 3.63) is 54.0 Å². The highest BCUT2D eigenvalue weighted by Crippen LogP contribution is 2.11. The Morgan fingerprint density at radius 1 is 1.10 bits per heavy atom. The number of nitrogens with zero attached hydrogens (tertiary/aromatic N) is 1. The van der Waals surface area contributed by atoms with Crippen LogP contribution in [-0.2, 0) is 17.7 Å². The molecule has 6 nitrogen and oxygen atoms in total. The molecule has 0 saturated carbocycles. The van der Waals surface area contributed by atoms with Crippen LogP contribution < -0.4 is 15.4 Å². The summed E-state index contributed by atoms with van der Waals surface area (Å²) < 4.78 is 16.2. The van der Waals surface area contributed by atoms with Gasteiger partial charge in [-0.1, -0.05) is 26.0 Å². The molecule has 0 aliphatic carbocycles. The van der Waals surface area contributed by atoms with E-state index in [0.717, 1.165) is 62.2 Å². The molecule has 0 aliphatic heterocycles. The number of rotatable bonds is 12. The van der Waals surface area contributed by atoms with Crippen molar-refractivity contribution < 1.29 is 13.9 Å². The summed E-state index contributed by atoms with van der Waals surface area (Å²) in [6.07, 6.45) is 3.45. The lowest BCUT2D eigenvalue weighted by atomic mass is 10.2. The second kappa shape index (κ2) is 15.1. The van der Waals surface area contributed by atoms with E-state index in [4.69, 9.17) is 18.9 Å². The molecule has 29 heavy (non-hydrogen) atoms. The largest absolute Gasteiger partial charge is 0.497 e. The summed E-state index contributed by atoms with van der Waals surface area (Å²) in [5.41, 5.74) is 1.13. The number of hydrogen-bond acceptors (Lipinski definition) is 4. The molecule has 162 valence electrons. The molecule has 0 bridgehead atoms. The van der Waals surface area contributed by atoms with Gasteiger partial charge < -0.3 is 24.5 Å². The minimum absolute atomic E-state index is 0. The van der Waals surface area contributed by atoms with Gasteiger partial charge in [0.05, 0.1) is 19.9 Å². The van der Waals surface area contributed by atoms with Gasteiger partial charge in [0.15, 0.2) is 5.96 Å². The molecule has 7 heteroatoms. The molecule has 2 aromatic rings. The van der Waals surface area contributed by atoms with Gasteiger partial charge in [0.1, 0.15) is 11.5 Å². The number of ether oxygens (including phenoxy) is 2. The van der Waals surface area contributed by atoms with Gasteiger partial charge in [0.2, 0.25) is 0 Å². The van der Waals surface area contributed by atoms with Gasteiger partial charge in [-0.25, -0.2) is 4.99 Å². The molecule has 0 spiro atoms. The van der Waals surface area contributed by atoms with Crippen LogP contribution >= 0.6 is 24.0 Å². The summed E-state index contributed by atoms with van der Waals surface area (Å²) in [5, 5.41) is 6.76. The van der Waals surface area contributed by atoms with E-state index < -0.39 is 0 Å². The molecule has 0 radical (unpaired) electrons. The van der Waals surface area contributed by atoms with Gasteiger partial charge >= 0.3 is 0 Å². The summed E-state index contributed by atoms with van der Waals surface area (Å²) >= 11 is 0. The number of nitrogens with one attached hydrogen (secondary N) is 2. The number of aliphatic imine (C=N–C) groups is 1. The topological polar surface area (TPSA) is 68.0 Å². The van der Waals surface area contributed by atoms with E-state index in [1.165, 1.54) is 0 Å². The fourth-order valence-electron chi connectivity index (χ4n) is 2.53. The number of guanidine groups is 1. The average Bonchev–Trinajstić information content (AvgIpc) is 3.22. The first-order valence-electron chi connectivity index (χ1n) is 9.92. The molecule has 0 atom stereocenters. The number of furan rings is 1. The minimum Gasteiger partial charge on any atom is -0.497 e. The summed E-state index contributed by atoms with van der Waals surface area (Å²) in [6.45, 7) is 8.04. The van der Waals surface area contributed by atoms with Crippen LogP contribution in [0.4, 0.5) is 0 Å². The average molecular weight is 515 g/mol. The van der Waals surface area contributed by atoms with Gasteiger partial charge in [-0.2, -0.15) is 0 Å². The maximum absolute atomic E-state index is 5.63. The zero-order chi connectivity index (χ0) is 20.0. The van der Waals surface area contributed by atoms with Crippen molar-refractivity contribution >= 4 is 29.9 Å². The van der Waals surface area contributed by atoms with Gasteiger partial charge in [-0.3, -0.25) is 0 Å². The van der Waals surface area contributed by atoms with Gasteiger partial charge in [0, 0.05) is 32.7 Å². The molecular formula is C22H34IN3O3. The second-order valence-electron chi connectivity index (χ2n) is 7.02. The van der Waals surface area contributed by atoms with Gasteiger partial charge in [0.25, 0.3) is 0 Å². The molecule has 0 aliphatic rings. The Balaban J connectivity index is 0.00000420. The van der Waals surface area contributed by atoms with Crippen molar-refractivity contribution in [3.63, 3.8) is 0 Å².